The minimum Gasteiger partial charge on any atom is -0.368 e. The molecule has 3 aromatic rings. The van der Waals surface area contributed by atoms with Crippen molar-refractivity contribution in [3.05, 3.63) is 76.2 Å². The highest BCUT2D eigenvalue weighted by Gasteiger charge is 2.17. The second kappa shape index (κ2) is 7.60. The van der Waals surface area contributed by atoms with Gasteiger partial charge in [-0.25, -0.2) is 0 Å². The van der Waals surface area contributed by atoms with Crippen molar-refractivity contribution < 1.29 is 0 Å². The lowest BCUT2D eigenvalue weighted by Gasteiger charge is -2.35. The molecule has 3 heterocycles. The van der Waals surface area contributed by atoms with E-state index in [9.17, 15) is 0 Å². The third-order valence-electron chi connectivity index (χ3n) is 4.52. The monoisotopic (exact) mass is 347 g/mol. The molecule has 0 bridgehead atoms. The van der Waals surface area contributed by atoms with Gasteiger partial charge in [-0.05, 0) is 35.2 Å². The van der Waals surface area contributed by atoms with Crippen LogP contribution < -0.4 is 4.90 Å². The van der Waals surface area contributed by atoms with Gasteiger partial charge in [-0.15, -0.1) is 0 Å². The minimum atomic E-state index is 0.995. The first kappa shape index (κ1) is 16.0. The van der Waals surface area contributed by atoms with E-state index in [0.29, 0.717) is 0 Å². The highest BCUT2D eigenvalue weighted by atomic mass is 32.1. The van der Waals surface area contributed by atoms with Crippen molar-refractivity contribution in [2.75, 3.05) is 31.1 Å². The number of aromatic nitrogens is 1. The molecule has 4 heteroatoms. The lowest BCUT2D eigenvalue weighted by Crippen LogP contribution is -2.45. The van der Waals surface area contributed by atoms with Crippen LogP contribution in [0.4, 0.5) is 5.69 Å². The summed E-state index contributed by atoms with van der Waals surface area (Å²) in [6.45, 7) is 5.34. The zero-order valence-electron chi connectivity index (χ0n) is 14.1. The van der Waals surface area contributed by atoms with Crippen LogP contribution in [0.25, 0.3) is 0 Å². The normalized spacial score (nSPS) is 15.0. The van der Waals surface area contributed by atoms with Crippen molar-refractivity contribution in [2.24, 2.45) is 0 Å². The number of benzene rings is 1. The number of thiophene rings is 1. The molecule has 0 radical (unpaired) electrons. The molecule has 1 aliphatic rings. The lowest BCUT2D eigenvalue weighted by molar-refractivity contribution is 0.250. The van der Waals surface area contributed by atoms with Crippen LogP contribution in [0.2, 0.25) is 0 Å². The predicted molar refractivity (Wildman–Crippen MR) is 105 cm³/mol. The fourth-order valence-corrected chi connectivity index (χ4v) is 3.75. The highest BCUT2D eigenvalue weighted by molar-refractivity contribution is 7.08. The molecular weight excluding hydrogens is 326 g/mol. The molecule has 0 atom stereocenters. The van der Waals surface area contributed by atoms with E-state index in [4.69, 9.17) is 0 Å². The molecule has 0 spiro atoms. The fourth-order valence-electron chi connectivity index (χ4n) is 3.16. The van der Waals surface area contributed by atoms with Crippen molar-refractivity contribution in [3.8, 4) is 11.8 Å². The van der Waals surface area contributed by atoms with Gasteiger partial charge in [0.1, 0.15) is 0 Å². The first-order valence-electron chi connectivity index (χ1n) is 8.60. The van der Waals surface area contributed by atoms with E-state index in [2.05, 4.69) is 80.0 Å². The van der Waals surface area contributed by atoms with Gasteiger partial charge in [-0.1, -0.05) is 24.0 Å². The fraction of sp³-hybridized carbons (Fsp3) is 0.238. The van der Waals surface area contributed by atoms with Gasteiger partial charge in [0, 0.05) is 61.6 Å². The van der Waals surface area contributed by atoms with Crippen LogP contribution in [0.1, 0.15) is 16.7 Å². The van der Waals surface area contributed by atoms with Gasteiger partial charge in [-0.2, -0.15) is 11.3 Å². The Kier molecular flexibility index (Phi) is 4.87. The van der Waals surface area contributed by atoms with Crippen LogP contribution in [-0.4, -0.2) is 36.1 Å². The Morgan fingerprint density at radius 1 is 1.00 bits per heavy atom. The van der Waals surface area contributed by atoms with Crippen LogP contribution in [0.5, 0.6) is 0 Å². The molecule has 25 heavy (non-hydrogen) atoms. The Balaban J connectivity index is 1.36. The predicted octanol–water partition coefficient (Wildman–Crippen LogP) is 3.80. The van der Waals surface area contributed by atoms with E-state index in [1.54, 1.807) is 11.3 Å². The summed E-state index contributed by atoms with van der Waals surface area (Å²) in [5, 5.41) is 4.15. The summed E-state index contributed by atoms with van der Waals surface area (Å²) in [4.78, 5) is 8.10. The second-order valence-corrected chi connectivity index (χ2v) is 7.07. The minimum absolute atomic E-state index is 0.995. The molecule has 0 aliphatic carbocycles. The van der Waals surface area contributed by atoms with Gasteiger partial charge in [0.2, 0.25) is 0 Å². The first-order chi connectivity index (χ1) is 12.4. The third-order valence-corrected chi connectivity index (χ3v) is 5.21. The van der Waals surface area contributed by atoms with Crippen LogP contribution >= 0.6 is 11.3 Å². The maximum atomic E-state index is 3.28. The van der Waals surface area contributed by atoms with Crippen LogP contribution in [0.15, 0.2) is 59.6 Å². The van der Waals surface area contributed by atoms with E-state index in [-0.39, 0.29) is 0 Å². The van der Waals surface area contributed by atoms with Crippen molar-refractivity contribution in [3.63, 3.8) is 0 Å². The van der Waals surface area contributed by atoms with Crippen molar-refractivity contribution in [2.45, 2.75) is 6.54 Å². The van der Waals surface area contributed by atoms with E-state index < -0.39 is 0 Å². The summed E-state index contributed by atoms with van der Waals surface area (Å²) in [7, 11) is 0. The standard InChI is InChI=1S/C21H21N3S/c1-2-18(4-5-19-7-13-25-17-19)14-20(3-1)16-23-9-11-24(12-10-23)21-6-8-22-15-21/h1-3,6-8,13-15,17,22H,9-12,16H2. The first-order valence-corrected chi connectivity index (χ1v) is 9.54. The molecule has 0 amide bonds. The molecule has 1 saturated heterocycles. The van der Waals surface area contributed by atoms with Crippen LogP contribution in [0.3, 0.4) is 0 Å². The SMILES string of the molecule is C(#Cc1cccc(CN2CCN(c3cc[nH]c3)CC2)c1)c1ccsc1. The van der Waals surface area contributed by atoms with Gasteiger partial charge in [-0.3, -0.25) is 4.90 Å². The number of hydrogen-bond donors (Lipinski definition) is 1. The topological polar surface area (TPSA) is 22.3 Å². The molecule has 3 nitrogen and oxygen atoms in total. The zero-order chi connectivity index (χ0) is 16.9. The van der Waals surface area contributed by atoms with Gasteiger partial charge in [0.25, 0.3) is 0 Å². The largest absolute Gasteiger partial charge is 0.368 e. The average molecular weight is 347 g/mol. The average Bonchev–Trinajstić information content (AvgIpc) is 3.35. The quantitative estimate of drug-likeness (QED) is 0.728. The van der Waals surface area contributed by atoms with Crippen molar-refractivity contribution in [1.82, 2.24) is 9.88 Å². The number of anilines is 1. The second-order valence-electron chi connectivity index (χ2n) is 6.29. The number of H-pyrrole nitrogens is 1. The maximum Gasteiger partial charge on any atom is 0.0544 e. The molecule has 1 aromatic carbocycles. The van der Waals surface area contributed by atoms with E-state index >= 15 is 0 Å². The molecule has 1 N–H and O–H groups in total. The van der Waals surface area contributed by atoms with Gasteiger partial charge >= 0.3 is 0 Å². The van der Waals surface area contributed by atoms with Gasteiger partial charge < -0.3 is 9.88 Å². The summed E-state index contributed by atoms with van der Waals surface area (Å²) < 4.78 is 0. The van der Waals surface area contributed by atoms with Crippen molar-refractivity contribution in [1.29, 1.82) is 0 Å². The number of nitrogens with one attached hydrogen (secondary N) is 1. The molecule has 4 rings (SSSR count). The summed E-state index contributed by atoms with van der Waals surface area (Å²) in [6.07, 6.45) is 4.07. The van der Waals surface area contributed by atoms with E-state index in [1.807, 2.05) is 6.20 Å². The summed E-state index contributed by atoms with van der Waals surface area (Å²) in [5.41, 5.74) is 4.82. The number of aromatic amines is 1. The number of piperazine rings is 1. The zero-order valence-corrected chi connectivity index (χ0v) is 14.9. The van der Waals surface area contributed by atoms with E-state index in [1.165, 1.54) is 11.3 Å². The molecular formula is C21H21N3S. The van der Waals surface area contributed by atoms with Crippen molar-refractivity contribution >= 4 is 17.0 Å². The number of nitrogens with zero attached hydrogens (tertiary/aromatic N) is 2. The Morgan fingerprint density at radius 2 is 1.88 bits per heavy atom. The Hall–Kier alpha value is -2.48. The summed E-state index contributed by atoms with van der Waals surface area (Å²) >= 11 is 1.69. The Morgan fingerprint density at radius 3 is 2.64 bits per heavy atom. The summed E-state index contributed by atoms with van der Waals surface area (Å²) in [6, 6.07) is 12.8. The maximum absolute atomic E-state index is 3.28. The van der Waals surface area contributed by atoms with E-state index in [0.717, 1.165) is 43.9 Å². The summed E-state index contributed by atoms with van der Waals surface area (Å²) in [5.74, 6) is 6.51. The Labute approximate surface area is 152 Å². The number of rotatable bonds is 3. The molecule has 1 aliphatic heterocycles. The molecule has 2 aromatic heterocycles. The third kappa shape index (κ3) is 4.14. The van der Waals surface area contributed by atoms with Crippen LogP contribution in [0, 0.1) is 11.8 Å². The molecule has 0 unspecified atom stereocenters. The number of hydrogen-bond acceptors (Lipinski definition) is 3. The molecule has 1 fully saturated rings. The van der Waals surface area contributed by atoms with Crippen LogP contribution in [-0.2, 0) is 6.54 Å². The smallest absolute Gasteiger partial charge is 0.0544 e. The highest BCUT2D eigenvalue weighted by Crippen LogP contribution is 2.16. The Bertz CT molecular complexity index is 848. The van der Waals surface area contributed by atoms with Gasteiger partial charge in [0.15, 0.2) is 0 Å². The molecule has 0 saturated carbocycles. The lowest BCUT2D eigenvalue weighted by atomic mass is 10.1. The molecule has 126 valence electrons. The van der Waals surface area contributed by atoms with Gasteiger partial charge in [0.05, 0.1) is 5.69 Å².